The molecule has 1 unspecified atom stereocenters. The van der Waals surface area contributed by atoms with Crippen LogP contribution in [0.1, 0.15) is 29.1 Å². The standard InChI is InChI=1S/C14H17FN2S/c1-8-7-11(15)5-6-12(8)14-17-10(3)13(18-14)9(2)16-4/h5-7,9,16H,1-4H3. The molecule has 0 saturated heterocycles. The van der Waals surface area contributed by atoms with Gasteiger partial charge < -0.3 is 5.32 Å². The second kappa shape index (κ2) is 5.16. The van der Waals surface area contributed by atoms with E-state index in [-0.39, 0.29) is 11.9 Å². The molecule has 0 aliphatic heterocycles. The van der Waals surface area contributed by atoms with Crippen molar-refractivity contribution >= 4 is 11.3 Å². The third kappa shape index (κ3) is 2.44. The fourth-order valence-electron chi connectivity index (χ4n) is 1.92. The zero-order chi connectivity index (χ0) is 13.3. The smallest absolute Gasteiger partial charge is 0.124 e. The maximum absolute atomic E-state index is 13.1. The molecule has 1 aromatic carbocycles. The maximum Gasteiger partial charge on any atom is 0.124 e. The van der Waals surface area contributed by atoms with Crippen molar-refractivity contribution in [2.24, 2.45) is 0 Å². The molecule has 0 aliphatic carbocycles. The molecule has 2 aromatic rings. The molecule has 0 bridgehead atoms. The molecule has 0 fully saturated rings. The molecule has 1 N–H and O–H groups in total. The van der Waals surface area contributed by atoms with Crippen LogP contribution >= 0.6 is 11.3 Å². The summed E-state index contributed by atoms with van der Waals surface area (Å²) in [5, 5.41) is 4.18. The quantitative estimate of drug-likeness (QED) is 0.911. The van der Waals surface area contributed by atoms with E-state index in [4.69, 9.17) is 0 Å². The monoisotopic (exact) mass is 264 g/mol. The average molecular weight is 264 g/mol. The Morgan fingerprint density at radius 1 is 1.33 bits per heavy atom. The Morgan fingerprint density at radius 3 is 2.67 bits per heavy atom. The van der Waals surface area contributed by atoms with Gasteiger partial charge in [-0.15, -0.1) is 11.3 Å². The molecule has 0 aliphatic rings. The van der Waals surface area contributed by atoms with E-state index in [1.54, 1.807) is 23.5 Å². The zero-order valence-electron chi connectivity index (χ0n) is 11.0. The first-order valence-electron chi connectivity index (χ1n) is 5.94. The van der Waals surface area contributed by atoms with Crippen molar-refractivity contribution in [3.05, 3.63) is 40.2 Å². The number of aromatic nitrogens is 1. The largest absolute Gasteiger partial charge is 0.312 e. The van der Waals surface area contributed by atoms with Crippen molar-refractivity contribution in [2.45, 2.75) is 26.8 Å². The number of thiazole rings is 1. The van der Waals surface area contributed by atoms with E-state index in [0.717, 1.165) is 21.8 Å². The third-order valence-electron chi connectivity index (χ3n) is 3.08. The van der Waals surface area contributed by atoms with Crippen molar-refractivity contribution in [3.63, 3.8) is 0 Å². The summed E-state index contributed by atoms with van der Waals surface area (Å²) in [7, 11) is 1.94. The Labute approximate surface area is 111 Å². The Morgan fingerprint density at radius 2 is 2.06 bits per heavy atom. The number of hydrogen-bond donors (Lipinski definition) is 1. The van der Waals surface area contributed by atoms with Gasteiger partial charge in [-0.2, -0.15) is 0 Å². The Balaban J connectivity index is 2.45. The molecule has 0 radical (unpaired) electrons. The zero-order valence-corrected chi connectivity index (χ0v) is 11.9. The summed E-state index contributed by atoms with van der Waals surface area (Å²) >= 11 is 1.67. The Hall–Kier alpha value is -1.26. The second-order valence-electron chi connectivity index (χ2n) is 4.44. The van der Waals surface area contributed by atoms with Crippen molar-refractivity contribution < 1.29 is 4.39 Å². The maximum atomic E-state index is 13.1. The van der Waals surface area contributed by atoms with Crippen molar-refractivity contribution in [3.8, 4) is 10.6 Å². The topological polar surface area (TPSA) is 24.9 Å². The first kappa shape index (κ1) is 13.2. The van der Waals surface area contributed by atoms with Crippen LogP contribution in [-0.4, -0.2) is 12.0 Å². The second-order valence-corrected chi connectivity index (χ2v) is 5.47. The van der Waals surface area contributed by atoms with Crippen LogP contribution < -0.4 is 5.32 Å². The highest BCUT2D eigenvalue weighted by Crippen LogP contribution is 2.33. The van der Waals surface area contributed by atoms with Gasteiger partial charge in [-0.05, 0) is 51.6 Å². The van der Waals surface area contributed by atoms with Gasteiger partial charge in [-0.25, -0.2) is 9.37 Å². The lowest BCUT2D eigenvalue weighted by atomic mass is 10.1. The summed E-state index contributed by atoms with van der Waals surface area (Å²) in [5.74, 6) is -0.201. The summed E-state index contributed by atoms with van der Waals surface area (Å²) < 4.78 is 13.1. The van der Waals surface area contributed by atoms with Crippen LogP contribution in [0.2, 0.25) is 0 Å². The lowest BCUT2D eigenvalue weighted by Gasteiger charge is -2.07. The summed E-state index contributed by atoms with van der Waals surface area (Å²) in [6.45, 7) is 6.04. The predicted octanol–water partition coefficient (Wildman–Crippen LogP) is 3.85. The molecule has 2 rings (SSSR count). The highest BCUT2D eigenvalue weighted by atomic mass is 32.1. The van der Waals surface area contributed by atoms with E-state index < -0.39 is 0 Å². The predicted molar refractivity (Wildman–Crippen MR) is 74.5 cm³/mol. The number of benzene rings is 1. The SMILES string of the molecule is CNC(C)c1sc(-c2ccc(F)cc2C)nc1C. The van der Waals surface area contributed by atoms with E-state index in [2.05, 4.69) is 17.2 Å². The van der Waals surface area contributed by atoms with Crippen LogP contribution in [-0.2, 0) is 0 Å². The Kier molecular flexibility index (Phi) is 3.78. The fourth-order valence-corrected chi connectivity index (χ4v) is 3.14. The summed E-state index contributed by atoms with van der Waals surface area (Å²) in [5.41, 5.74) is 2.98. The van der Waals surface area contributed by atoms with Crippen molar-refractivity contribution in [1.29, 1.82) is 0 Å². The normalized spacial score (nSPS) is 12.7. The number of halogens is 1. The lowest BCUT2D eigenvalue weighted by Crippen LogP contribution is -2.11. The first-order chi connectivity index (χ1) is 8.52. The highest BCUT2D eigenvalue weighted by Gasteiger charge is 2.15. The summed E-state index contributed by atoms with van der Waals surface area (Å²) in [6.07, 6.45) is 0. The molecule has 1 atom stereocenters. The average Bonchev–Trinajstić information content (AvgIpc) is 2.70. The van der Waals surface area contributed by atoms with Gasteiger partial charge >= 0.3 is 0 Å². The van der Waals surface area contributed by atoms with Crippen LogP contribution in [0.25, 0.3) is 10.6 Å². The number of nitrogens with one attached hydrogen (secondary N) is 1. The molecule has 0 spiro atoms. The molecule has 0 amide bonds. The van der Waals surface area contributed by atoms with Gasteiger partial charge in [-0.3, -0.25) is 0 Å². The number of hydrogen-bond acceptors (Lipinski definition) is 3. The third-order valence-corrected chi connectivity index (χ3v) is 4.45. The number of nitrogens with zero attached hydrogens (tertiary/aromatic N) is 1. The van der Waals surface area contributed by atoms with E-state index in [0.29, 0.717) is 0 Å². The van der Waals surface area contributed by atoms with E-state index in [9.17, 15) is 4.39 Å². The fraction of sp³-hybridized carbons (Fsp3) is 0.357. The van der Waals surface area contributed by atoms with Gasteiger partial charge in [0.25, 0.3) is 0 Å². The molecule has 1 aromatic heterocycles. The Bertz CT molecular complexity index is 563. The lowest BCUT2D eigenvalue weighted by molar-refractivity contribution is 0.627. The first-order valence-corrected chi connectivity index (χ1v) is 6.75. The van der Waals surface area contributed by atoms with Crippen molar-refractivity contribution in [1.82, 2.24) is 10.3 Å². The van der Waals surface area contributed by atoms with E-state index in [1.165, 1.54) is 10.9 Å². The molecular formula is C14H17FN2S. The van der Waals surface area contributed by atoms with Crippen LogP contribution in [0.15, 0.2) is 18.2 Å². The molecule has 0 saturated carbocycles. The van der Waals surface area contributed by atoms with Gasteiger partial charge in [0, 0.05) is 16.5 Å². The molecule has 96 valence electrons. The molecule has 1 heterocycles. The molecule has 4 heteroatoms. The van der Waals surface area contributed by atoms with Crippen LogP contribution in [0, 0.1) is 19.7 Å². The highest BCUT2D eigenvalue weighted by molar-refractivity contribution is 7.15. The van der Waals surface area contributed by atoms with Crippen LogP contribution in [0.5, 0.6) is 0 Å². The van der Waals surface area contributed by atoms with Gasteiger partial charge in [0.2, 0.25) is 0 Å². The van der Waals surface area contributed by atoms with E-state index in [1.807, 2.05) is 20.9 Å². The van der Waals surface area contributed by atoms with Gasteiger partial charge in [0.05, 0.1) is 5.69 Å². The molecule has 2 nitrogen and oxygen atoms in total. The van der Waals surface area contributed by atoms with Gasteiger partial charge in [-0.1, -0.05) is 0 Å². The van der Waals surface area contributed by atoms with Crippen molar-refractivity contribution in [2.75, 3.05) is 7.05 Å². The van der Waals surface area contributed by atoms with E-state index >= 15 is 0 Å². The van der Waals surface area contributed by atoms with Crippen LogP contribution in [0.3, 0.4) is 0 Å². The van der Waals surface area contributed by atoms with Gasteiger partial charge in [0.1, 0.15) is 10.8 Å². The number of rotatable bonds is 3. The minimum atomic E-state index is -0.201. The minimum Gasteiger partial charge on any atom is -0.312 e. The number of aryl methyl sites for hydroxylation is 2. The minimum absolute atomic E-state index is 0.201. The van der Waals surface area contributed by atoms with Crippen LogP contribution in [0.4, 0.5) is 4.39 Å². The molecular weight excluding hydrogens is 247 g/mol. The summed E-state index contributed by atoms with van der Waals surface area (Å²) in [4.78, 5) is 5.83. The molecule has 18 heavy (non-hydrogen) atoms. The summed E-state index contributed by atoms with van der Waals surface area (Å²) in [6, 6.07) is 5.13. The van der Waals surface area contributed by atoms with Gasteiger partial charge in [0.15, 0.2) is 0 Å².